The number of piperidine rings is 1. The highest BCUT2D eigenvalue weighted by Crippen LogP contribution is 2.61. The van der Waals surface area contributed by atoms with Gasteiger partial charge in [0.15, 0.2) is 0 Å². The lowest BCUT2D eigenvalue weighted by molar-refractivity contribution is -0.128. The van der Waals surface area contributed by atoms with Crippen LogP contribution >= 0.6 is 23.2 Å². The molecule has 6 rings (SSSR count). The van der Waals surface area contributed by atoms with Crippen molar-refractivity contribution in [3.8, 4) is 0 Å². The smallest absolute Gasteiger partial charge is 0.250 e. The standard InChI is InChI=1S/C24H22Cl2FN3O2/c25-13-6-7-15-17(10-13)29-23(32)24(15)20(14-2-1-3-16(26)21(14)27)19-18(8-9-28-22(19)31)30(24)11-12-4-5-12/h1-3,6-7,10,12,18-20H,4-5,8-9,11H2,(H,28,31)(H,29,32)/t18?,19-,20+,24-/m1/s1. The van der Waals surface area contributed by atoms with Gasteiger partial charge in [-0.2, -0.15) is 0 Å². The van der Waals surface area contributed by atoms with Crippen LogP contribution in [0.3, 0.4) is 0 Å². The third-order valence-corrected chi connectivity index (χ3v) is 8.10. The maximum Gasteiger partial charge on any atom is 0.250 e. The molecule has 32 heavy (non-hydrogen) atoms. The predicted octanol–water partition coefficient (Wildman–Crippen LogP) is 4.29. The van der Waals surface area contributed by atoms with Crippen molar-refractivity contribution in [1.82, 2.24) is 10.2 Å². The van der Waals surface area contributed by atoms with Crippen LogP contribution in [0.5, 0.6) is 0 Å². The quantitative estimate of drug-likeness (QED) is 0.698. The number of hydrogen-bond donors (Lipinski definition) is 2. The van der Waals surface area contributed by atoms with Gasteiger partial charge in [0.05, 0.1) is 10.9 Å². The van der Waals surface area contributed by atoms with E-state index in [1.165, 1.54) is 6.07 Å². The normalized spacial score (nSPS) is 31.4. The Morgan fingerprint density at radius 3 is 2.72 bits per heavy atom. The van der Waals surface area contributed by atoms with Crippen LogP contribution in [0.15, 0.2) is 36.4 Å². The van der Waals surface area contributed by atoms with Gasteiger partial charge in [0.25, 0.3) is 0 Å². The number of rotatable bonds is 3. The zero-order chi connectivity index (χ0) is 22.2. The minimum atomic E-state index is -1.20. The first-order chi connectivity index (χ1) is 15.4. The summed E-state index contributed by atoms with van der Waals surface area (Å²) in [6.07, 6.45) is 2.91. The summed E-state index contributed by atoms with van der Waals surface area (Å²) in [6, 6.07) is 10.0. The minimum Gasteiger partial charge on any atom is -0.356 e. The molecule has 2 N–H and O–H groups in total. The third-order valence-electron chi connectivity index (χ3n) is 7.57. The lowest BCUT2D eigenvalue weighted by Crippen LogP contribution is -2.53. The molecule has 0 radical (unpaired) electrons. The summed E-state index contributed by atoms with van der Waals surface area (Å²) in [5, 5.41) is 6.45. The number of carbonyl (C=O) groups excluding carboxylic acids is 2. The number of carbonyl (C=O) groups is 2. The molecular weight excluding hydrogens is 452 g/mol. The van der Waals surface area contributed by atoms with Crippen LogP contribution in [-0.2, 0) is 15.1 Å². The first-order valence-electron chi connectivity index (χ1n) is 11.0. The van der Waals surface area contributed by atoms with E-state index < -0.39 is 23.2 Å². The van der Waals surface area contributed by atoms with E-state index in [1.54, 1.807) is 24.3 Å². The summed E-state index contributed by atoms with van der Waals surface area (Å²) in [4.78, 5) is 29.4. The van der Waals surface area contributed by atoms with Gasteiger partial charge >= 0.3 is 0 Å². The van der Waals surface area contributed by atoms with Crippen LogP contribution in [0.4, 0.5) is 10.1 Å². The molecule has 2 aromatic rings. The molecule has 8 heteroatoms. The number of benzene rings is 2. The second-order valence-electron chi connectivity index (χ2n) is 9.30. The number of halogens is 3. The van der Waals surface area contributed by atoms with Crippen molar-refractivity contribution in [3.05, 3.63) is 63.4 Å². The zero-order valence-corrected chi connectivity index (χ0v) is 18.7. The van der Waals surface area contributed by atoms with Crippen LogP contribution in [0.25, 0.3) is 0 Å². The molecule has 1 unspecified atom stereocenters. The number of anilines is 1. The van der Waals surface area contributed by atoms with Gasteiger partial charge in [0.1, 0.15) is 11.4 Å². The number of likely N-dealkylation sites (tertiary alicyclic amines) is 1. The molecular formula is C24H22Cl2FN3O2. The average Bonchev–Trinajstić information content (AvgIpc) is 3.47. The van der Waals surface area contributed by atoms with E-state index in [4.69, 9.17) is 23.2 Å². The number of nitrogens with one attached hydrogen (secondary N) is 2. The van der Waals surface area contributed by atoms with E-state index in [9.17, 15) is 9.59 Å². The Labute approximate surface area is 195 Å². The summed E-state index contributed by atoms with van der Waals surface area (Å²) in [5.74, 6) is -1.75. The summed E-state index contributed by atoms with van der Waals surface area (Å²) in [5.41, 5.74) is 0.472. The molecule has 1 spiro atoms. The summed E-state index contributed by atoms with van der Waals surface area (Å²) < 4.78 is 15.5. The fourth-order valence-corrected chi connectivity index (χ4v) is 6.52. The maximum absolute atomic E-state index is 15.5. The fourth-order valence-electron chi connectivity index (χ4n) is 6.16. The van der Waals surface area contributed by atoms with Crippen LogP contribution in [0.2, 0.25) is 10.0 Å². The molecule has 3 fully saturated rings. The second-order valence-corrected chi connectivity index (χ2v) is 10.1. The Hall–Kier alpha value is -2.15. The topological polar surface area (TPSA) is 61.4 Å². The van der Waals surface area contributed by atoms with Crippen molar-refractivity contribution in [2.45, 2.75) is 36.8 Å². The highest BCUT2D eigenvalue weighted by atomic mass is 35.5. The number of fused-ring (bicyclic) bond motifs is 3. The van der Waals surface area contributed by atoms with Crippen molar-refractivity contribution in [3.63, 3.8) is 0 Å². The number of nitrogens with zero attached hydrogens (tertiary/aromatic N) is 1. The molecule has 3 aliphatic heterocycles. The van der Waals surface area contributed by atoms with E-state index in [1.807, 2.05) is 6.07 Å². The number of hydrogen-bond acceptors (Lipinski definition) is 3. The Balaban J connectivity index is 1.65. The molecule has 5 nitrogen and oxygen atoms in total. The maximum atomic E-state index is 15.5. The zero-order valence-electron chi connectivity index (χ0n) is 17.2. The largest absolute Gasteiger partial charge is 0.356 e. The van der Waals surface area contributed by atoms with Crippen LogP contribution in [0.1, 0.15) is 36.3 Å². The first kappa shape index (κ1) is 20.5. The average molecular weight is 474 g/mol. The monoisotopic (exact) mass is 473 g/mol. The van der Waals surface area contributed by atoms with Gasteiger partial charge in [-0.1, -0.05) is 41.4 Å². The lowest BCUT2D eigenvalue weighted by atomic mass is 9.70. The van der Waals surface area contributed by atoms with E-state index in [0.717, 1.165) is 18.4 Å². The molecule has 0 aromatic heterocycles. The molecule has 2 saturated heterocycles. The minimum absolute atomic E-state index is 0.0132. The van der Waals surface area contributed by atoms with Gasteiger partial charge in [0.2, 0.25) is 11.8 Å². The predicted molar refractivity (Wildman–Crippen MR) is 120 cm³/mol. The Bertz CT molecular complexity index is 1150. The fraction of sp³-hybridized carbons (Fsp3) is 0.417. The van der Waals surface area contributed by atoms with Crippen LogP contribution < -0.4 is 10.6 Å². The SMILES string of the molecule is O=C1NCCC2[C@@H]1[C@H](c1cccc(Cl)c1F)[C@]1(C(=O)Nc3cc(Cl)ccc31)N2CC1CC1. The molecule has 166 valence electrons. The van der Waals surface area contributed by atoms with Crippen LogP contribution in [0, 0.1) is 17.7 Å². The summed E-state index contributed by atoms with van der Waals surface area (Å²) >= 11 is 12.4. The molecule has 4 atom stereocenters. The Morgan fingerprint density at radius 1 is 1.12 bits per heavy atom. The van der Waals surface area contributed by atoms with Crippen molar-refractivity contribution < 1.29 is 14.0 Å². The van der Waals surface area contributed by atoms with Gasteiger partial charge in [-0.15, -0.1) is 0 Å². The highest BCUT2D eigenvalue weighted by molar-refractivity contribution is 6.31. The van der Waals surface area contributed by atoms with Crippen molar-refractivity contribution in [2.75, 3.05) is 18.4 Å². The lowest BCUT2D eigenvalue weighted by Gasteiger charge is -2.40. The molecule has 0 bridgehead atoms. The van der Waals surface area contributed by atoms with Gasteiger partial charge in [-0.25, -0.2) is 4.39 Å². The summed E-state index contributed by atoms with van der Waals surface area (Å²) in [7, 11) is 0. The van der Waals surface area contributed by atoms with Gasteiger partial charge in [-0.3, -0.25) is 14.5 Å². The van der Waals surface area contributed by atoms with E-state index >= 15 is 4.39 Å². The van der Waals surface area contributed by atoms with Gasteiger partial charge in [-0.05, 0) is 48.9 Å². The molecule has 1 aliphatic carbocycles. The van der Waals surface area contributed by atoms with E-state index in [0.29, 0.717) is 41.7 Å². The molecule has 4 aliphatic rings. The van der Waals surface area contributed by atoms with E-state index in [2.05, 4.69) is 15.5 Å². The van der Waals surface area contributed by atoms with Gasteiger partial charge in [0, 0.05) is 41.3 Å². The van der Waals surface area contributed by atoms with Gasteiger partial charge < -0.3 is 10.6 Å². The second kappa shape index (κ2) is 7.17. The number of amides is 2. The highest BCUT2D eigenvalue weighted by Gasteiger charge is 2.69. The molecule has 2 aromatic carbocycles. The first-order valence-corrected chi connectivity index (χ1v) is 11.8. The van der Waals surface area contributed by atoms with Crippen molar-refractivity contribution in [2.24, 2.45) is 11.8 Å². The van der Waals surface area contributed by atoms with Crippen molar-refractivity contribution in [1.29, 1.82) is 0 Å². The molecule has 1 saturated carbocycles. The Kier molecular flexibility index (Phi) is 4.59. The van der Waals surface area contributed by atoms with Crippen LogP contribution in [-0.4, -0.2) is 35.8 Å². The molecule has 2 amide bonds. The summed E-state index contributed by atoms with van der Waals surface area (Å²) in [6.45, 7) is 1.24. The third kappa shape index (κ3) is 2.72. The van der Waals surface area contributed by atoms with Crippen molar-refractivity contribution >= 4 is 40.7 Å². The molecule has 3 heterocycles. The van der Waals surface area contributed by atoms with E-state index in [-0.39, 0.29) is 22.9 Å². The Morgan fingerprint density at radius 2 is 1.94 bits per heavy atom.